The molecule has 2 aromatic heterocycles. The van der Waals surface area contributed by atoms with Crippen molar-refractivity contribution < 1.29 is 0 Å². The first-order chi connectivity index (χ1) is 6.33. The number of nitrogens with one attached hydrogen (secondary N) is 1. The van der Waals surface area contributed by atoms with Crippen LogP contribution in [0, 0.1) is 6.92 Å². The molecule has 3 nitrogen and oxygen atoms in total. The first kappa shape index (κ1) is 8.26. The highest BCUT2D eigenvalue weighted by Gasteiger charge is 2.02. The molecule has 0 amide bonds. The molecule has 0 aliphatic heterocycles. The van der Waals surface area contributed by atoms with Crippen molar-refractivity contribution in [3.8, 4) is 0 Å². The summed E-state index contributed by atoms with van der Waals surface area (Å²) in [5.74, 6) is 0. The molecule has 1 N–H and O–H groups in total. The molecule has 0 unspecified atom stereocenters. The van der Waals surface area contributed by atoms with E-state index in [-0.39, 0.29) is 0 Å². The van der Waals surface area contributed by atoms with Crippen LogP contribution in [-0.2, 0) is 6.54 Å². The molecule has 3 heteroatoms. The highest BCUT2D eigenvalue weighted by atomic mass is 15.0. The van der Waals surface area contributed by atoms with Gasteiger partial charge >= 0.3 is 0 Å². The SMILES string of the molecule is CNCc1cccc2ncc(C)n12. The lowest BCUT2D eigenvalue weighted by Gasteiger charge is -2.05. The van der Waals surface area contributed by atoms with Crippen molar-refractivity contribution in [2.24, 2.45) is 0 Å². The zero-order valence-corrected chi connectivity index (χ0v) is 7.91. The largest absolute Gasteiger partial charge is 0.314 e. The van der Waals surface area contributed by atoms with Gasteiger partial charge in [0.15, 0.2) is 0 Å². The van der Waals surface area contributed by atoms with Crippen LogP contribution in [0.2, 0.25) is 0 Å². The maximum Gasteiger partial charge on any atom is 0.137 e. The van der Waals surface area contributed by atoms with Gasteiger partial charge in [-0.2, -0.15) is 0 Å². The Bertz CT molecular complexity index is 417. The molecule has 0 bridgehead atoms. The van der Waals surface area contributed by atoms with Crippen LogP contribution >= 0.6 is 0 Å². The lowest BCUT2D eigenvalue weighted by atomic mass is 10.3. The Morgan fingerprint density at radius 1 is 1.46 bits per heavy atom. The number of aryl methyl sites for hydroxylation is 1. The van der Waals surface area contributed by atoms with E-state index in [9.17, 15) is 0 Å². The van der Waals surface area contributed by atoms with E-state index in [0.29, 0.717) is 0 Å². The third-order valence-electron chi connectivity index (χ3n) is 2.14. The summed E-state index contributed by atoms with van der Waals surface area (Å²) in [6, 6.07) is 6.17. The first-order valence-electron chi connectivity index (χ1n) is 4.39. The summed E-state index contributed by atoms with van der Waals surface area (Å²) in [6.07, 6.45) is 1.90. The quantitative estimate of drug-likeness (QED) is 0.746. The van der Waals surface area contributed by atoms with Gasteiger partial charge in [0.1, 0.15) is 5.65 Å². The van der Waals surface area contributed by atoms with E-state index in [0.717, 1.165) is 12.2 Å². The number of rotatable bonds is 2. The second kappa shape index (κ2) is 3.18. The monoisotopic (exact) mass is 175 g/mol. The fourth-order valence-corrected chi connectivity index (χ4v) is 1.59. The highest BCUT2D eigenvalue weighted by molar-refractivity contribution is 5.42. The number of imidazole rings is 1. The molecule has 0 aromatic carbocycles. The van der Waals surface area contributed by atoms with Gasteiger partial charge in [0.25, 0.3) is 0 Å². The van der Waals surface area contributed by atoms with Crippen molar-refractivity contribution in [2.75, 3.05) is 7.05 Å². The minimum atomic E-state index is 0.870. The molecule has 0 atom stereocenters. The number of pyridine rings is 1. The van der Waals surface area contributed by atoms with Crippen molar-refractivity contribution in [2.45, 2.75) is 13.5 Å². The molecular formula is C10H13N3. The average molecular weight is 175 g/mol. The van der Waals surface area contributed by atoms with Crippen molar-refractivity contribution in [1.82, 2.24) is 14.7 Å². The molecule has 0 fully saturated rings. The number of nitrogens with zero attached hydrogens (tertiary/aromatic N) is 2. The Morgan fingerprint density at radius 3 is 3.08 bits per heavy atom. The number of aromatic nitrogens is 2. The van der Waals surface area contributed by atoms with E-state index in [2.05, 4.69) is 27.7 Å². The van der Waals surface area contributed by atoms with Gasteiger partial charge < -0.3 is 9.72 Å². The molecule has 13 heavy (non-hydrogen) atoms. The van der Waals surface area contributed by atoms with Crippen LogP contribution in [0.1, 0.15) is 11.4 Å². The molecule has 0 spiro atoms. The summed E-state index contributed by atoms with van der Waals surface area (Å²) in [4.78, 5) is 4.30. The van der Waals surface area contributed by atoms with Gasteiger partial charge in [-0.3, -0.25) is 0 Å². The predicted molar refractivity (Wildman–Crippen MR) is 52.7 cm³/mol. The molecule has 0 aliphatic carbocycles. The van der Waals surface area contributed by atoms with E-state index in [1.54, 1.807) is 0 Å². The maximum atomic E-state index is 4.30. The van der Waals surface area contributed by atoms with E-state index in [1.165, 1.54) is 11.4 Å². The van der Waals surface area contributed by atoms with Gasteiger partial charge in [-0.05, 0) is 26.1 Å². The molecular weight excluding hydrogens is 162 g/mol. The lowest BCUT2D eigenvalue weighted by Crippen LogP contribution is -2.09. The van der Waals surface area contributed by atoms with E-state index in [4.69, 9.17) is 0 Å². The zero-order chi connectivity index (χ0) is 9.26. The zero-order valence-electron chi connectivity index (χ0n) is 7.91. The Labute approximate surface area is 77.4 Å². The summed E-state index contributed by atoms with van der Waals surface area (Å²) in [6.45, 7) is 2.94. The van der Waals surface area contributed by atoms with Crippen molar-refractivity contribution >= 4 is 5.65 Å². The number of hydrogen-bond donors (Lipinski definition) is 1. The van der Waals surface area contributed by atoms with Crippen molar-refractivity contribution in [3.63, 3.8) is 0 Å². The number of fused-ring (bicyclic) bond motifs is 1. The van der Waals surface area contributed by atoms with Crippen LogP contribution in [0.15, 0.2) is 24.4 Å². The second-order valence-corrected chi connectivity index (χ2v) is 3.14. The molecule has 0 aliphatic rings. The molecule has 0 saturated carbocycles. The van der Waals surface area contributed by atoms with Gasteiger partial charge in [0.05, 0.1) is 0 Å². The third-order valence-corrected chi connectivity index (χ3v) is 2.14. The minimum absolute atomic E-state index is 0.870. The van der Waals surface area contributed by atoms with Crippen molar-refractivity contribution in [3.05, 3.63) is 35.8 Å². The Morgan fingerprint density at radius 2 is 2.31 bits per heavy atom. The maximum absolute atomic E-state index is 4.30. The Balaban J connectivity index is 2.65. The Hall–Kier alpha value is -1.35. The molecule has 2 aromatic rings. The predicted octanol–water partition coefficient (Wildman–Crippen LogP) is 1.36. The summed E-state index contributed by atoms with van der Waals surface area (Å²) in [7, 11) is 1.95. The van der Waals surface area contributed by atoms with Gasteiger partial charge in [0.2, 0.25) is 0 Å². The second-order valence-electron chi connectivity index (χ2n) is 3.14. The lowest BCUT2D eigenvalue weighted by molar-refractivity contribution is 0.772. The highest BCUT2D eigenvalue weighted by Crippen LogP contribution is 2.09. The molecule has 0 radical (unpaired) electrons. The van der Waals surface area contributed by atoms with Crippen LogP contribution in [0.3, 0.4) is 0 Å². The average Bonchev–Trinajstić information content (AvgIpc) is 2.50. The smallest absolute Gasteiger partial charge is 0.137 e. The normalized spacial score (nSPS) is 10.9. The van der Waals surface area contributed by atoms with E-state index < -0.39 is 0 Å². The van der Waals surface area contributed by atoms with E-state index in [1.807, 2.05) is 25.4 Å². The molecule has 2 rings (SSSR count). The third kappa shape index (κ3) is 1.31. The van der Waals surface area contributed by atoms with E-state index >= 15 is 0 Å². The molecule has 68 valence electrons. The summed E-state index contributed by atoms with van der Waals surface area (Å²) >= 11 is 0. The summed E-state index contributed by atoms with van der Waals surface area (Å²) in [5.41, 5.74) is 3.45. The van der Waals surface area contributed by atoms with Gasteiger partial charge in [-0.1, -0.05) is 6.07 Å². The molecule has 0 saturated heterocycles. The summed E-state index contributed by atoms with van der Waals surface area (Å²) < 4.78 is 2.16. The van der Waals surface area contributed by atoms with Gasteiger partial charge in [0, 0.05) is 24.1 Å². The standard InChI is InChI=1S/C10H13N3/c1-8-6-12-10-5-3-4-9(7-11-2)13(8)10/h3-6,11H,7H2,1-2H3. The van der Waals surface area contributed by atoms with Crippen LogP contribution in [-0.4, -0.2) is 16.4 Å². The van der Waals surface area contributed by atoms with Crippen LogP contribution in [0.25, 0.3) is 5.65 Å². The van der Waals surface area contributed by atoms with Gasteiger partial charge in [-0.15, -0.1) is 0 Å². The van der Waals surface area contributed by atoms with Crippen LogP contribution in [0.5, 0.6) is 0 Å². The minimum Gasteiger partial charge on any atom is -0.314 e. The van der Waals surface area contributed by atoms with Gasteiger partial charge in [-0.25, -0.2) is 4.98 Å². The number of hydrogen-bond acceptors (Lipinski definition) is 2. The Kier molecular flexibility index (Phi) is 2.02. The van der Waals surface area contributed by atoms with Crippen LogP contribution < -0.4 is 5.32 Å². The summed E-state index contributed by atoms with van der Waals surface area (Å²) in [5, 5.41) is 3.14. The topological polar surface area (TPSA) is 29.3 Å². The van der Waals surface area contributed by atoms with Crippen LogP contribution in [0.4, 0.5) is 0 Å². The molecule has 2 heterocycles. The fraction of sp³-hybridized carbons (Fsp3) is 0.300. The fourth-order valence-electron chi connectivity index (χ4n) is 1.59. The first-order valence-corrected chi connectivity index (χ1v) is 4.39. The van der Waals surface area contributed by atoms with Crippen molar-refractivity contribution in [1.29, 1.82) is 0 Å².